The molecule has 3 aromatic rings. The van der Waals surface area contributed by atoms with Crippen molar-refractivity contribution in [2.24, 2.45) is 0 Å². The Labute approximate surface area is 205 Å². The second-order valence-electron chi connectivity index (χ2n) is 7.90. The standard InChI is InChI=1S/C25H23BrClN3O3/c1-16-2-8-20(27)15-23(16)30-12-10-29(11-13-30)22-9-5-18(25(32)33)14-21(22)28-24(31)17-3-6-19(26)7-4-17/h2-9,14-15H,10-13H2,1H3,(H,28,31)(H,32,33). The summed E-state index contributed by atoms with van der Waals surface area (Å²) in [7, 11) is 0. The number of hydrogen-bond donors (Lipinski definition) is 2. The summed E-state index contributed by atoms with van der Waals surface area (Å²) in [6, 6.07) is 17.8. The number of aromatic carboxylic acids is 1. The van der Waals surface area contributed by atoms with Crippen molar-refractivity contribution in [3.8, 4) is 0 Å². The van der Waals surface area contributed by atoms with Crippen molar-refractivity contribution in [3.63, 3.8) is 0 Å². The lowest BCUT2D eigenvalue weighted by Crippen LogP contribution is -2.47. The molecule has 170 valence electrons. The molecular formula is C25H23BrClN3O3. The third-order valence-corrected chi connectivity index (χ3v) is 6.49. The number of benzene rings is 3. The highest BCUT2D eigenvalue weighted by Gasteiger charge is 2.22. The molecule has 1 fully saturated rings. The number of carboxylic acids is 1. The number of anilines is 3. The predicted octanol–water partition coefficient (Wildman–Crippen LogP) is 5.69. The van der Waals surface area contributed by atoms with Crippen LogP contribution in [0.4, 0.5) is 17.1 Å². The van der Waals surface area contributed by atoms with Crippen LogP contribution in [-0.2, 0) is 0 Å². The van der Waals surface area contributed by atoms with E-state index in [1.54, 1.807) is 36.4 Å². The first-order chi connectivity index (χ1) is 15.8. The van der Waals surface area contributed by atoms with Gasteiger partial charge in [-0.15, -0.1) is 0 Å². The second-order valence-corrected chi connectivity index (χ2v) is 9.26. The predicted molar refractivity (Wildman–Crippen MR) is 136 cm³/mol. The first-order valence-electron chi connectivity index (χ1n) is 10.5. The van der Waals surface area contributed by atoms with E-state index in [1.807, 2.05) is 18.2 Å². The summed E-state index contributed by atoms with van der Waals surface area (Å²) in [6.45, 7) is 5.07. The van der Waals surface area contributed by atoms with Gasteiger partial charge in [-0.2, -0.15) is 0 Å². The Kier molecular flexibility index (Phi) is 6.91. The third kappa shape index (κ3) is 5.31. The van der Waals surface area contributed by atoms with E-state index in [-0.39, 0.29) is 11.5 Å². The number of piperazine rings is 1. The van der Waals surface area contributed by atoms with Gasteiger partial charge in [0.25, 0.3) is 5.91 Å². The lowest BCUT2D eigenvalue weighted by atomic mass is 10.1. The molecule has 0 spiro atoms. The molecule has 1 aliphatic rings. The van der Waals surface area contributed by atoms with E-state index >= 15 is 0 Å². The maximum atomic E-state index is 12.8. The van der Waals surface area contributed by atoms with E-state index in [0.717, 1.165) is 42.0 Å². The number of carbonyl (C=O) groups excluding carboxylic acids is 1. The Morgan fingerprint density at radius 2 is 1.48 bits per heavy atom. The molecule has 33 heavy (non-hydrogen) atoms. The highest BCUT2D eigenvalue weighted by atomic mass is 79.9. The van der Waals surface area contributed by atoms with Crippen LogP contribution in [-0.4, -0.2) is 43.2 Å². The molecule has 4 rings (SSSR count). The summed E-state index contributed by atoms with van der Waals surface area (Å²) in [6.07, 6.45) is 0. The number of hydrogen-bond acceptors (Lipinski definition) is 4. The number of nitrogens with zero attached hydrogens (tertiary/aromatic N) is 2. The molecule has 1 amide bonds. The van der Waals surface area contributed by atoms with Crippen molar-refractivity contribution >= 4 is 56.5 Å². The average molecular weight is 529 g/mol. The van der Waals surface area contributed by atoms with Gasteiger partial charge >= 0.3 is 5.97 Å². The molecule has 1 aliphatic heterocycles. The van der Waals surface area contributed by atoms with E-state index in [4.69, 9.17) is 11.6 Å². The van der Waals surface area contributed by atoms with E-state index in [1.165, 1.54) is 11.6 Å². The first kappa shape index (κ1) is 23.1. The van der Waals surface area contributed by atoms with Crippen LogP contribution in [0.15, 0.2) is 65.1 Å². The highest BCUT2D eigenvalue weighted by molar-refractivity contribution is 9.10. The lowest BCUT2D eigenvalue weighted by Gasteiger charge is -2.38. The van der Waals surface area contributed by atoms with Gasteiger partial charge in [-0.3, -0.25) is 4.79 Å². The first-order valence-corrected chi connectivity index (χ1v) is 11.7. The summed E-state index contributed by atoms with van der Waals surface area (Å²) in [5, 5.41) is 13.1. The maximum Gasteiger partial charge on any atom is 0.335 e. The topological polar surface area (TPSA) is 72.9 Å². The van der Waals surface area contributed by atoms with Gasteiger partial charge < -0.3 is 20.2 Å². The molecule has 0 unspecified atom stereocenters. The minimum absolute atomic E-state index is 0.123. The molecule has 0 saturated carbocycles. The lowest BCUT2D eigenvalue weighted by molar-refractivity contribution is 0.0696. The summed E-state index contributed by atoms with van der Waals surface area (Å²) < 4.78 is 0.875. The molecule has 3 aromatic carbocycles. The fourth-order valence-electron chi connectivity index (χ4n) is 3.95. The number of carboxylic acid groups (broad SMARTS) is 1. The Morgan fingerprint density at radius 3 is 2.12 bits per heavy atom. The van der Waals surface area contributed by atoms with Crippen LogP contribution >= 0.6 is 27.5 Å². The quantitative estimate of drug-likeness (QED) is 0.445. The SMILES string of the molecule is Cc1ccc(Cl)cc1N1CCN(c2ccc(C(=O)O)cc2NC(=O)c2ccc(Br)cc2)CC1. The van der Waals surface area contributed by atoms with Gasteiger partial charge in [0.1, 0.15) is 0 Å². The van der Waals surface area contributed by atoms with E-state index in [2.05, 4.69) is 38.0 Å². The zero-order chi connectivity index (χ0) is 23.5. The largest absolute Gasteiger partial charge is 0.478 e. The van der Waals surface area contributed by atoms with Gasteiger partial charge in [0.15, 0.2) is 0 Å². The number of nitrogens with one attached hydrogen (secondary N) is 1. The van der Waals surface area contributed by atoms with Crippen molar-refractivity contribution in [1.29, 1.82) is 0 Å². The van der Waals surface area contributed by atoms with E-state index in [9.17, 15) is 14.7 Å². The fourth-order valence-corrected chi connectivity index (χ4v) is 4.38. The van der Waals surface area contributed by atoms with Crippen molar-refractivity contribution in [1.82, 2.24) is 0 Å². The number of amides is 1. The van der Waals surface area contributed by atoms with E-state index < -0.39 is 5.97 Å². The van der Waals surface area contributed by atoms with Crippen molar-refractivity contribution in [2.45, 2.75) is 6.92 Å². The molecule has 0 aliphatic carbocycles. The third-order valence-electron chi connectivity index (χ3n) is 5.73. The molecule has 6 nitrogen and oxygen atoms in total. The molecule has 1 saturated heterocycles. The van der Waals surface area contributed by atoms with Crippen LogP contribution in [0.1, 0.15) is 26.3 Å². The van der Waals surface area contributed by atoms with Gasteiger partial charge in [-0.05, 0) is 67.1 Å². The number of carbonyl (C=O) groups is 2. The van der Waals surface area contributed by atoms with Crippen LogP contribution in [0.25, 0.3) is 0 Å². The summed E-state index contributed by atoms with van der Waals surface area (Å²) in [5.41, 5.74) is 4.18. The number of rotatable bonds is 5. The minimum atomic E-state index is -1.04. The van der Waals surface area contributed by atoms with Gasteiger partial charge in [0.05, 0.1) is 16.9 Å². The minimum Gasteiger partial charge on any atom is -0.478 e. The smallest absolute Gasteiger partial charge is 0.335 e. The number of aryl methyl sites for hydroxylation is 1. The van der Waals surface area contributed by atoms with Crippen LogP contribution in [0.3, 0.4) is 0 Å². The molecule has 8 heteroatoms. The van der Waals surface area contributed by atoms with Crippen molar-refractivity contribution < 1.29 is 14.7 Å². The summed E-state index contributed by atoms with van der Waals surface area (Å²) >= 11 is 9.57. The Bertz CT molecular complexity index is 1190. The van der Waals surface area contributed by atoms with Gasteiger partial charge in [0, 0.05) is 46.9 Å². The maximum absolute atomic E-state index is 12.8. The molecule has 0 radical (unpaired) electrons. The summed E-state index contributed by atoms with van der Waals surface area (Å²) in [5.74, 6) is -1.33. The normalized spacial score (nSPS) is 13.7. The van der Waals surface area contributed by atoms with Crippen LogP contribution < -0.4 is 15.1 Å². The molecule has 0 bridgehead atoms. The molecular weight excluding hydrogens is 506 g/mol. The van der Waals surface area contributed by atoms with Crippen LogP contribution in [0.5, 0.6) is 0 Å². The zero-order valence-corrected chi connectivity index (χ0v) is 20.4. The number of halogens is 2. The van der Waals surface area contributed by atoms with Crippen LogP contribution in [0, 0.1) is 6.92 Å². The molecule has 0 aromatic heterocycles. The Morgan fingerprint density at radius 1 is 0.879 bits per heavy atom. The van der Waals surface area contributed by atoms with E-state index in [0.29, 0.717) is 16.3 Å². The molecule has 0 atom stereocenters. The zero-order valence-electron chi connectivity index (χ0n) is 18.0. The Hall–Kier alpha value is -3.03. The summed E-state index contributed by atoms with van der Waals surface area (Å²) in [4.78, 5) is 28.8. The van der Waals surface area contributed by atoms with Crippen molar-refractivity contribution in [2.75, 3.05) is 41.3 Å². The van der Waals surface area contributed by atoms with Gasteiger partial charge in [0.2, 0.25) is 0 Å². The Balaban J connectivity index is 1.56. The fraction of sp³-hybridized carbons (Fsp3) is 0.200. The monoisotopic (exact) mass is 527 g/mol. The second kappa shape index (κ2) is 9.85. The molecule has 2 N–H and O–H groups in total. The van der Waals surface area contributed by atoms with Crippen molar-refractivity contribution in [3.05, 3.63) is 86.8 Å². The highest BCUT2D eigenvalue weighted by Crippen LogP contribution is 2.31. The van der Waals surface area contributed by atoms with Gasteiger partial charge in [-0.1, -0.05) is 33.6 Å². The van der Waals surface area contributed by atoms with Crippen LogP contribution in [0.2, 0.25) is 5.02 Å². The average Bonchev–Trinajstić information content (AvgIpc) is 2.81. The molecule has 1 heterocycles. The van der Waals surface area contributed by atoms with Gasteiger partial charge in [-0.25, -0.2) is 4.79 Å².